The molecule has 110 valence electrons. The molecule has 21 heavy (non-hydrogen) atoms. The first-order valence-corrected chi connectivity index (χ1v) is 7.45. The summed E-state index contributed by atoms with van der Waals surface area (Å²) in [6.07, 6.45) is 0.859. The maximum Gasteiger partial charge on any atom is 0.258 e. The molecule has 1 amide bonds. The van der Waals surface area contributed by atoms with Gasteiger partial charge in [0.25, 0.3) is 5.91 Å². The van der Waals surface area contributed by atoms with Crippen molar-refractivity contribution in [2.45, 2.75) is 4.90 Å². The minimum Gasteiger partial charge on any atom is -0.321 e. The van der Waals surface area contributed by atoms with Crippen molar-refractivity contribution in [2.24, 2.45) is 5.14 Å². The molecular formula is C12H9ClFN3O3S. The smallest absolute Gasteiger partial charge is 0.258 e. The molecule has 0 bridgehead atoms. The van der Waals surface area contributed by atoms with Crippen molar-refractivity contribution in [1.82, 2.24) is 4.98 Å². The highest BCUT2D eigenvalue weighted by molar-refractivity contribution is 7.89. The van der Waals surface area contributed by atoms with Gasteiger partial charge >= 0.3 is 0 Å². The second-order valence-corrected chi connectivity index (χ2v) is 5.88. The number of hydrogen-bond acceptors (Lipinski definition) is 4. The topological polar surface area (TPSA) is 102 Å². The zero-order chi connectivity index (χ0) is 15.6. The van der Waals surface area contributed by atoms with Gasteiger partial charge in [-0.3, -0.25) is 4.79 Å². The molecule has 1 aromatic heterocycles. The van der Waals surface area contributed by atoms with E-state index in [9.17, 15) is 17.6 Å². The minimum absolute atomic E-state index is 0.0367. The third-order valence-electron chi connectivity index (χ3n) is 2.49. The highest BCUT2D eigenvalue weighted by atomic mass is 35.5. The van der Waals surface area contributed by atoms with Gasteiger partial charge in [-0.25, -0.2) is 22.9 Å². The van der Waals surface area contributed by atoms with Crippen LogP contribution in [0, 0.1) is 5.82 Å². The van der Waals surface area contributed by atoms with Crippen LogP contribution in [0.1, 0.15) is 10.4 Å². The Morgan fingerprint density at radius 3 is 2.67 bits per heavy atom. The van der Waals surface area contributed by atoms with Crippen molar-refractivity contribution in [3.8, 4) is 0 Å². The van der Waals surface area contributed by atoms with Gasteiger partial charge in [0.1, 0.15) is 15.9 Å². The van der Waals surface area contributed by atoms with Crippen molar-refractivity contribution >= 4 is 33.2 Å². The molecule has 0 atom stereocenters. The Balaban J connectivity index is 2.39. The van der Waals surface area contributed by atoms with Crippen molar-refractivity contribution < 1.29 is 17.6 Å². The lowest BCUT2D eigenvalue weighted by molar-refractivity contribution is 0.102. The molecule has 1 heterocycles. The number of amides is 1. The number of hydrogen-bond donors (Lipinski definition) is 2. The van der Waals surface area contributed by atoms with E-state index >= 15 is 0 Å². The van der Waals surface area contributed by atoms with Crippen LogP contribution in [0.5, 0.6) is 0 Å². The van der Waals surface area contributed by atoms with Crippen LogP contribution in [0.25, 0.3) is 0 Å². The fourth-order valence-corrected chi connectivity index (χ4v) is 2.47. The molecule has 0 saturated heterocycles. The van der Waals surface area contributed by atoms with Crippen LogP contribution in [0.4, 0.5) is 10.1 Å². The average molecular weight is 330 g/mol. The standard InChI is InChI=1S/C12H9ClFN3O3S/c13-11-8(5-7(14)6-16-11)12(18)17-9-3-1-2-4-10(9)21(15,19)20/h1-6H,(H,17,18)(H2,15,19,20). The van der Waals surface area contributed by atoms with Gasteiger partial charge in [0.15, 0.2) is 0 Å². The van der Waals surface area contributed by atoms with Gasteiger partial charge in [-0.15, -0.1) is 0 Å². The number of rotatable bonds is 3. The summed E-state index contributed by atoms with van der Waals surface area (Å²) in [5.74, 6) is -1.55. The third-order valence-corrected chi connectivity index (χ3v) is 3.76. The van der Waals surface area contributed by atoms with E-state index in [1.54, 1.807) is 0 Å². The Hall–Kier alpha value is -2.03. The molecule has 9 heteroatoms. The van der Waals surface area contributed by atoms with Gasteiger partial charge in [0, 0.05) is 0 Å². The molecule has 0 unspecified atom stereocenters. The molecule has 6 nitrogen and oxygen atoms in total. The summed E-state index contributed by atoms with van der Waals surface area (Å²) in [4.78, 5) is 15.3. The number of aromatic nitrogens is 1. The maximum atomic E-state index is 13.1. The summed E-state index contributed by atoms with van der Waals surface area (Å²) in [5.41, 5.74) is -0.258. The number of para-hydroxylation sites is 1. The SMILES string of the molecule is NS(=O)(=O)c1ccccc1NC(=O)c1cc(F)cnc1Cl. The van der Waals surface area contributed by atoms with Crippen molar-refractivity contribution in [1.29, 1.82) is 0 Å². The molecule has 0 aliphatic heterocycles. The first kappa shape index (κ1) is 15.4. The van der Waals surface area contributed by atoms with Crippen LogP contribution < -0.4 is 10.5 Å². The molecule has 0 radical (unpaired) electrons. The number of benzene rings is 1. The molecule has 1 aromatic carbocycles. The Kier molecular flexibility index (Phi) is 4.21. The quantitative estimate of drug-likeness (QED) is 0.838. The summed E-state index contributed by atoms with van der Waals surface area (Å²) in [7, 11) is -4.02. The van der Waals surface area contributed by atoms with Crippen molar-refractivity contribution in [3.05, 3.63) is 53.1 Å². The summed E-state index contributed by atoms with van der Waals surface area (Å²) >= 11 is 5.71. The lowest BCUT2D eigenvalue weighted by Gasteiger charge is -2.10. The highest BCUT2D eigenvalue weighted by Gasteiger charge is 2.18. The van der Waals surface area contributed by atoms with E-state index in [4.69, 9.17) is 16.7 Å². The fraction of sp³-hybridized carbons (Fsp3) is 0. The normalized spacial score (nSPS) is 11.2. The third kappa shape index (κ3) is 3.54. The number of anilines is 1. The number of pyridine rings is 1. The molecule has 0 aliphatic rings. The number of primary sulfonamides is 1. The van der Waals surface area contributed by atoms with Gasteiger partial charge in [0.2, 0.25) is 10.0 Å². The molecule has 0 saturated carbocycles. The molecule has 0 fully saturated rings. The van der Waals surface area contributed by atoms with E-state index in [1.807, 2.05) is 0 Å². The summed E-state index contributed by atoms with van der Waals surface area (Å²) in [5, 5.41) is 7.15. The largest absolute Gasteiger partial charge is 0.321 e. The van der Waals surface area contributed by atoms with Gasteiger partial charge in [-0.2, -0.15) is 0 Å². The van der Waals surface area contributed by atoms with E-state index in [2.05, 4.69) is 10.3 Å². The van der Waals surface area contributed by atoms with Gasteiger partial charge < -0.3 is 5.32 Å². The molecule has 0 aliphatic carbocycles. The number of sulfonamides is 1. The van der Waals surface area contributed by atoms with Gasteiger partial charge in [-0.05, 0) is 18.2 Å². The number of carbonyl (C=O) groups excluding carboxylic acids is 1. The Morgan fingerprint density at radius 1 is 1.33 bits per heavy atom. The lowest BCUT2D eigenvalue weighted by Crippen LogP contribution is -2.19. The number of nitrogens with one attached hydrogen (secondary N) is 1. The first-order valence-electron chi connectivity index (χ1n) is 5.53. The average Bonchev–Trinajstić information content (AvgIpc) is 2.41. The molecule has 2 aromatic rings. The van der Waals surface area contributed by atoms with Crippen LogP contribution in [-0.2, 0) is 10.0 Å². The number of nitrogens with zero attached hydrogens (tertiary/aromatic N) is 1. The predicted octanol–water partition coefficient (Wildman–Crippen LogP) is 1.77. The van der Waals surface area contributed by atoms with Crippen LogP contribution >= 0.6 is 11.6 Å². The van der Waals surface area contributed by atoms with Gasteiger partial charge in [0.05, 0.1) is 17.4 Å². The van der Waals surface area contributed by atoms with Crippen LogP contribution in [-0.4, -0.2) is 19.3 Å². The second-order valence-electron chi connectivity index (χ2n) is 3.99. The highest BCUT2D eigenvalue weighted by Crippen LogP contribution is 2.21. The van der Waals surface area contributed by atoms with Crippen molar-refractivity contribution in [2.75, 3.05) is 5.32 Å². The number of nitrogens with two attached hydrogens (primary N) is 1. The number of halogens is 2. The van der Waals surface area contributed by atoms with E-state index < -0.39 is 21.7 Å². The lowest BCUT2D eigenvalue weighted by atomic mass is 10.2. The van der Waals surface area contributed by atoms with E-state index in [0.29, 0.717) is 0 Å². The minimum atomic E-state index is -4.02. The second kappa shape index (κ2) is 5.76. The van der Waals surface area contributed by atoms with E-state index in [1.165, 1.54) is 24.3 Å². The molecule has 3 N–H and O–H groups in total. The van der Waals surface area contributed by atoms with Crippen molar-refractivity contribution in [3.63, 3.8) is 0 Å². The summed E-state index contributed by atoms with van der Waals surface area (Å²) < 4.78 is 35.9. The fourth-order valence-electron chi connectivity index (χ4n) is 1.59. The summed E-state index contributed by atoms with van der Waals surface area (Å²) in [6.45, 7) is 0. The Morgan fingerprint density at radius 2 is 2.00 bits per heavy atom. The summed E-state index contributed by atoms with van der Waals surface area (Å²) in [6, 6.07) is 6.43. The Bertz CT molecular complexity index is 811. The van der Waals surface area contributed by atoms with Crippen LogP contribution in [0.15, 0.2) is 41.4 Å². The van der Waals surface area contributed by atoms with Gasteiger partial charge in [-0.1, -0.05) is 23.7 Å². The molecule has 2 rings (SSSR count). The van der Waals surface area contributed by atoms with Crippen LogP contribution in [0.2, 0.25) is 5.15 Å². The zero-order valence-electron chi connectivity index (χ0n) is 10.4. The molecular weight excluding hydrogens is 321 g/mol. The van der Waals surface area contributed by atoms with E-state index in [-0.39, 0.29) is 21.3 Å². The zero-order valence-corrected chi connectivity index (χ0v) is 12.0. The monoisotopic (exact) mass is 329 g/mol. The molecule has 0 spiro atoms. The van der Waals surface area contributed by atoms with E-state index in [0.717, 1.165) is 12.3 Å². The number of carbonyl (C=O) groups is 1. The predicted molar refractivity (Wildman–Crippen MR) is 75.0 cm³/mol. The maximum absolute atomic E-state index is 13.1. The Labute approximate surface area is 124 Å². The van der Waals surface area contributed by atoms with Crippen LogP contribution in [0.3, 0.4) is 0 Å². The first-order chi connectivity index (χ1) is 9.79.